The maximum atomic E-state index is 5.43. The number of thioether (sulfide) groups is 1. The van der Waals surface area contributed by atoms with Crippen LogP contribution in [0.1, 0.15) is 5.69 Å². The summed E-state index contributed by atoms with van der Waals surface area (Å²) in [4.78, 5) is 1.05. The lowest BCUT2D eigenvalue weighted by Gasteiger charge is -2.12. The summed E-state index contributed by atoms with van der Waals surface area (Å²) in [6.07, 6.45) is 2.01. The lowest BCUT2D eigenvalue weighted by molar-refractivity contribution is 0.395. The smallest absolute Gasteiger partial charge is 0.133 e. The van der Waals surface area contributed by atoms with Crippen LogP contribution in [-0.4, -0.2) is 30.7 Å². The molecule has 4 nitrogen and oxygen atoms in total. The molecule has 5 heteroatoms. The van der Waals surface area contributed by atoms with Crippen molar-refractivity contribution < 1.29 is 9.47 Å². The molecule has 2 rings (SSSR count). The van der Waals surface area contributed by atoms with Crippen molar-refractivity contribution in [2.75, 3.05) is 20.5 Å². The first-order chi connectivity index (χ1) is 8.69. The van der Waals surface area contributed by atoms with E-state index in [-0.39, 0.29) is 0 Å². The van der Waals surface area contributed by atoms with Crippen molar-refractivity contribution in [1.29, 1.82) is 0 Å². The number of H-pyrrole nitrogens is 1. The Balaban J connectivity index is 2.58. The Morgan fingerprint density at radius 2 is 1.83 bits per heavy atom. The Morgan fingerprint density at radius 1 is 1.11 bits per heavy atom. The highest BCUT2D eigenvalue weighted by atomic mass is 32.2. The van der Waals surface area contributed by atoms with Gasteiger partial charge >= 0.3 is 0 Å². The summed E-state index contributed by atoms with van der Waals surface area (Å²) in [5, 5.41) is 7.19. The number of hydrogen-bond acceptors (Lipinski definition) is 4. The second kappa shape index (κ2) is 5.35. The van der Waals surface area contributed by atoms with Gasteiger partial charge in [0.2, 0.25) is 0 Å². The van der Waals surface area contributed by atoms with Gasteiger partial charge in [-0.1, -0.05) is 0 Å². The molecule has 0 aliphatic heterocycles. The van der Waals surface area contributed by atoms with E-state index in [0.29, 0.717) is 0 Å². The predicted octanol–water partition coefficient (Wildman–Crippen LogP) is 3.12. The van der Waals surface area contributed by atoms with Crippen molar-refractivity contribution in [3.05, 3.63) is 23.9 Å². The van der Waals surface area contributed by atoms with Crippen LogP contribution in [0.25, 0.3) is 11.3 Å². The van der Waals surface area contributed by atoms with Crippen molar-refractivity contribution in [2.24, 2.45) is 0 Å². The normalized spacial score (nSPS) is 10.4. The van der Waals surface area contributed by atoms with Crippen LogP contribution in [-0.2, 0) is 0 Å². The molecule has 1 aromatic carbocycles. The fraction of sp³-hybridized carbons (Fsp3) is 0.308. The fourth-order valence-electron chi connectivity index (χ4n) is 1.79. The summed E-state index contributed by atoms with van der Waals surface area (Å²) in [6.45, 7) is 1.97. The van der Waals surface area contributed by atoms with Gasteiger partial charge < -0.3 is 9.47 Å². The first kappa shape index (κ1) is 12.8. The summed E-state index contributed by atoms with van der Waals surface area (Å²) in [7, 11) is 3.33. The minimum Gasteiger partial charge on any atom is -0.496 e. The first-order valence-electron chi connectivity index (χ1n) is 5.52. The number of methoxy groups -OCH3 is 2. The topological polar surface area (TPSA) is 47.1 Å². The minimum atomic E-state index is 0.798. The molecule has 2 aromatic rings. The van der Waals surface area contributed by atoms with Crippen LogP contribution in [0.15, 0.2) is 23.1 Å². The molecule has 0 fully saturated rings. The molecule has 0 aliphatic carbocycles. The second-order valence-corrected chi connectivity index (χ2v) is 4.69. The number of hydrogen-bond donors (Lipinski definition) is 1. The maximum Gasteiger partial charge on any atom is 0.133 e. The monoisotopic (exact) mass is 264 g/mol. The molecule has 0 saturated heterocycles. The van der Waals surface area contributed by atoms with E-state index in [4.69, 9.17) is 9.47 Å². The van der Waals surface area contributed by atoms with Crippen LogP contribution in [0.4, 0.5) is 0 Å². The number of aryl methyl sites for hydroxylation is 1. The molecular weight excluding hydrogens is 248 g/mol. The molecule has 0 atom stereocenters. The third kappa shape index (κ3) is 2.31. The average molecular weight is 264 g/mol. The van der Waals surface area contributed by atoms with Gasteiger partial charge in [-0.15, -0.1) is 11.8 Å². The number of rotatable bonds is 4. The molecule has 0 aliphatic rings. The molecule has 0 unspecified atom stereocenters. The van der Waals surface area contributed by atoms with Crippen LogP contribution in [0.2, 0.25) is 0 Å². The lowest BCUT2D eigenvalue weighted by atomic mass is 10.1. The van der Waals surface area contributed by atoms with E-state index in [2.05, 4.69) is 10.2 Å². The first-order valence-corrected chi connectivity index (χ1v) is 6.74. The van der Waals surface area contributed by atoms with Crippen molar-refractivity contribution in [3.63, 3.8) is 0 Å². The molecule has 1 N–H and O–H groups in total. The molecule has 0 spiro atoms. The van der Waals surface area contributed by atoms with Crippen molar-refractivity contribution >= 4 is 11.8 Å². The minimum absolute atomic E-state index is 0.798. The van der Waals surface area contributed by atoms with Crippen LogP contribution >= 0.6 is 11.8 Å². The number of ether oxygens (including phenoxy) is 2. The summed E-state index contributed by atoms with van der Waals surface area (Å²) in [5.41, 5.74) is 2.80. The van der Waals surface area contributed by atoms with E-state index in [9.17, 15) is 0 Å². The summed E-state index contributed by atoms with van der Waals surface area (Å²) in [5.74, 6) is 1.63. The van der Waals surface area contributed by atoms with Gasteiger partial charge in [-0.2, -0.15) is 5.10 Å². The Kier molecular flexibility index (Phi) is 3.81. The Labute approximate surface area is 111 Å². The van der Waals surface area contributed by atoms with Crippen LogP contribution in [0.3, 0.4) is 0 Å². The van der Waals surface area contributed by atoms with Crippen molar-refractivity contribution in [3.8, 4) is 22.8 Å². The highest BCUT2D eigenvalue weighted by Gasteiger charge is 2.14. The number of nitrogens with zero attached hydrogens (tertiary/aromatic N) is 1. The van der Waals surface area contributed by atoms with E-state index < -0.39 is 0 Å². The van der Waals surface area contributed by atoms with Gasteiger partial charge in [0.25, 0.3) is 0 Å². The highest BCUT2D eigenvalue weighted by molar-refractivity contribution is 7.98. The lowest BCUT2D eigenvalue weighted by Crippen LogP contribution is -1.93. The predicted molar refractivity (Wildman–Crippen MR) is 73.6 cm³/mol. The van der Waals surface area contributed by atoms with Gasteiger partial charge in [-0.25, -0.2) is 0 Å². The van der Waals surface area contributed by atoms with Crippen LogP contribution in [0, 0.1) is 6.92 Å². The van der Waals surface area contributed by atoms with Crippen molar-refractivity contribution in [1.82, 2.24) is 10.2 Å². The van der Waals surface area contributed by atoms with Gasteiger partial charge in [-0.05, 0) is 31.4 Å². The van der Waals surface area contributed by atoms with Gasteiger partial charge in [0, 0.05) is 11.3 Å². The zero-order valence-corrected chi connectivity index (χ0v) is 11.7. The maximum absolute atomic E-state index is 5.43. The number of benzene rings is 1. The molecule has 0 bridgehead atoms. The standard InChI is InChI=1S/C13H16N2O2S/c1-8-5-10(15-14-8)9-6-12(17-3)13(18-4)7-11(9)16-2/h5-7H,1-4H3,(H,14,15). The van der Waals surface area contributed by atoms with Crippen molar-refractivity contribution in [2.45, 2.75) is 11.8 Å². The van der Waals surface area contributed by atoms with E-state index in [1.165, 1.54) is 0 Å². The van der Waals surface area contributed by atoms with Crippen LogP contribution < -0.4 is 9.47 Å². The van der Waals surface area contributed by atoms with Crippen LogP contribution in [0.5, 0.6) is 11.5 Å². The fourth-order valence-corrected chi connectivity index (χ4v) is 2.35. The van der Waals surface area contributed by atoms with E-state index in [1.54, 1.807) is 26.0 Å². The molecule has 0 saturated carbocycles. The zero-order chi connectivity index (χ0) is 13.1. The number of aromatic nitrogens is 2. The molecule has 96 valence electrons. The SMILES string of the molecule is COc1cc(-c2cc(C)[nH]n2)c(OC)cc1SC. The van der Waals surface area contributed by atoms with Gasteiger partial charge in [0.15, 0.2) is 0 Å². The summed E-state index contributed by atoms with van der Waals surface area (Å²) >= 11 is 1.63. The Morgan fingerprint density at radius 3 is 2.33 bits per heavy atom. The zero-order valence-electron chi connectivity index (χ0n) is 10.9. The molecule has 0 amide bonds. The second-order valence-electron chi connectivity index (χ2n) is 3.84. The number of aromatic amines is 1. The molecule has 0 radical (unpaired) electrons. The van der Waals surface area contributed by atoms with E-state index in [0.717, 1.165) is 33.3 Å². The largest absolute Gasteiger partial charge is 0.496 e. The summed E-state index contributed by atoms with van der Waals surface area (Å²) < 4.78 is 10.8. The average Bonchev–Trinajstić information content (AvgIpc) is 2.83. The summed E-state index contributed by atoms with van der Waals surface area (Å²) in [6, 6.07) is 5.92. The third-order valence-electron chi connectivity index (χ3n) is 2.69. The quantitative estimate of drug-likeness (QED) is 0.862. The highest BCUT2D eigenvalue weighted by Crippen LogP contribution is 2.39. The van der Waals surface area contributed by atoms with Gasteiger partial charge in [-0.3, -0.25) is 5.10 Å². The molecule has 18 heavy (non-hydrogen) atoms. The van der Waals surface area contributed by atoms with Gasteiger partial charge in [0.1, 0.15) is 11.5 Å². The Bertz CT molecular complexity index is 552. The van der Waals surface area contributed by atoms with Gasteiger partial charge in [0.05, 0.1) is 24.8 Å². The molecular formula is C13H16N2O2S. The molecule has 1 heterocycles. The number of nitrogens with one attached hydrogen (secondary N) is 1. The Hall–Kier alpha value is -1.62. The third-order valence-corrected chi connectivity index (χ3v) is 3.45. The molecule has 1 aromatic heterocycles. The van der Waals surface area contributed by atoms with E-state index in [1.807, 2.05) is 31.4 Å². The van der Waals surface area contributed by atoms with E-state index >= 15 is 0 Å².